The summed E-state index contributed by atoms with van der Waals surface area (Å²) >= 11 is 0. The molecule has 1 saturated heterocycles. The number of fused-ring (bicyclic) bond motifs is 2. The van der Waals surface area contributed by atoms with E-state index in [1.165, 1.54) is 11.1 Å². The Morgan fingerprint density at radius 2 is 1.94 bits per heavy atom. The van der Waals surface area contributed by atoms with Gasteiger partial charge < -0.3 is 15.0 Å². The molecule has 5 heteroatoms. The number of piperidine rings is 1. The van der Waals surface area contributed by atoms with E-state index in [0.717, 1.165) is 37.2 Å². The van der Waals surface area contributed by atoms with Crippen molar-refractivity contribution in [2.45, 2.75) is 51.9 Å². The minimum absolute atomic E-state index is 0.0384. The smallest absolute Gasteiger partial charge is 0.224 e. The SMILES string of the molecule is CC(C)c1ccc2c(c1)NC(=O)C[C@@H]1CCN(C(=O)CCc3ccccc3)C[C@@H]1CCO2. The molecule has 2 aliphatic rings. The predicted molar refractivity (Wildman–Crippen MR) is 127 cm³/mol. The number of nitrogens with zero attached hydrogens (tertiary/aromatic N) is 1. The Labute approximate surface area is 191 Å². The third-order valence-corrected chi connectivity index (χ3v) is 6.85. The molecule has 2 aromatic carbocycles. The van der Waals surface area contributed by atoms with E-state index in [4.69, 9.17) is 4.74 Å². The Kier molecular flexibility index (Phi) is 7.13. The van der Waals surface area contributed by atoms with Crippen LogP contribution in [0.2, 0.25) is 0 Å². The van der Waals surface area contributed by atoms with E-state index in [0.29, 0.717) is 31.9 Å². The van der Waals surface area contributed by atoms with Crippen LogP contribution in [0, 0.1) is 11.8 Å². The summed E-state index contributed by atoms with van der Waals surface area (Å²) in [5.41, 5.74) is 3.15. The van der Waals surface area contributed by atoms with Gasteiger partial charge in [0.05, 0.1) is 12.3 Å². The van der Waals surface area contributed by atoms with Crippen LogP contribution < -0.4 is 10.1 Å². The molecular weight excluding hydrogens is 400 g/mol. The second kappa shape index (κ2) is 10.2. The summed E-state index contributed by atoms with van der Waals surface area (Å²) in [6.07, 6.45) is 3.52. The summed E-state index contributed by atoms with van der Waals surface area (Å²) in [5, 5.41) is 3.09. The van der Waals surface area contributed by atoms with Crippen LogP contribution in [-0.4, -0.2) is 36.4 Å². The Morgan fingerprint density at radius 3 is 2.72 bits per heavy atom. The second-order valence-electron chi connectivity index (χ2n) is 9.43. The molecule has 0 unspecified atom stereocenters. The van der Waals surface area contributed by atoms with Crippen molar-refractivity contribution in [2.24, 2.45) is 11.8 Å². The van der Waals surface area contributed by atoms with Crippen LogP contribution in [0.5, 0.6) is 5.75 Å². The fraction of sp³-hybridized carbons (Fsp3) is 0.481. The van der Waals surface area contributed by atoms with Crippen molar-refractivity contribution in [3.05, 3.63) is 59.7 Å². The van der Waals surface area contributed by atoms with E-state index in [1.807, 2.05) is 35.2 Å². The molecule has 2 heterocycles. The van der Waals surface area contributed by atoms with Crippen LogP contribution in [0.15, 0.2) is 48.5 Å². The van der Waals surface area contributed by atoms with E-state index in [-0.39, 0.29) is 23.7 Å². The fourth-order valence-corrected chi connectivity index (χ4v) is 4.85. The predicted octanol–water partition coefficient (Wildman–Crippen LogP) is 5.02. The molecule has 0 saturated carbocycles. The third kappa shape index (κ3) is 5.50. The zero-order valence-electron chi connectivity index (χ0n) is 19.2. The van der Waals surface area contributed by atoms with E-state index in [1.54, 1.807) is 0 Å². The number of nitrogens with one attached hydrogen (secondary N) is 1. The van der Waals surface area contributed by atoms with Crippen LogP contribution in [0.25, 0.3) is 0 Å². The van der Waals surface area contributed by atoms with Gasteiger partial charge in [0, 0.05) is 25.9 Å². The lowest BCUT2D eigenvalue weighted by atomic mass is 9.80. The van der Waals surface area contributed by atoms with Gasteiger partial charge in [0.25, 0.3) is 0 Å². The fourth-order valence-electron chi connectivity index (χ4n) is 4.85. The van der Waals surface area contributed by atoms with Crippen molar-refractivity contribution in [3.8, 4) is 5.75 Å². The average molecular weight is 435 g/mol. The summed E-state index contributed by atoms with van der Waals surface area (Å²) in [6, 6.07) is 16.2. The summed E-state index contributed by atoms with van der Waals surface area (Å²) in [5.74, 6) is 1.93. The summed E-state index contributed by atoms with van der Waals surface area (Å²) in [4.78, 5) is 27.7. The molecule has 5 nitrogen and oxygen atoms in total. The number of likely N-dealkylation sites (tertiary alicyclic amines) is 1. The first kappa shape index (κ1) is 22.4. The number of benzene rings is 2. The summed E-state index contributed by atoms with van der Waals surface area (Å²) in [6.45, 7) is 6.33. The number of hydrogen-bond acceptors (Lipinski definition) is 3. The zero-order valence-corrected chi connectivity index (χ0v) is 19.2. The number of ether oxygens (including phenoxy) is 1. The number of hydrogen-bond donors (Lipinski definition) is 1. The maximum atomic E-state index is 12.9. The highest BCUT2D eigenvalue weighted by molar-refractivity contribution is 5.92. The minimum Gasteiger partial charge on any atom is -0.491 e. The molecule has 2 aromatic rings. The van der Waals surface area contributed by atoms with Gasteiger partial charge in [0.2, 0.25) is 11.8 Å². The molecule has 1 N–H and O–H groups in total. The largest absolute Gasteiger partial charge is 0.491 e. The Morgan fingerprint density at radius 1 is 1.12 bits per heavy atom. The number of carbonyl (C=O) groups excluding carboxylic acids is 2. The maximum Gasteiger partial charge on any atom is 0.224 e. The third-order valence-electron chi connectivity index (χ3n) is 6.85. The van der Waals surface area contributed by atoms with Gasteiger partial charge in [-0.15, -0.1) is 0 Å². The average Bonchev–Trinajstić information content (AvgIpc) is 2.79. The maximum absolute atomic E-state index is 12.9. The number of anilines is 1. The molecule has 0 spiro atoms. The molecule has 0 bridgehead atoms. The van der Waals surface area contributed by atoms with Gasteiger partial charge in [0.1, 0.15) is 5.75 Å². The molecule has 2 atom stereocenters. The van der Waals surface area contributed by atoms with Crippen LogP contribution in [0.1, 0.15) is 56.6 Å². The van der Waals surface area contributed by atoms with E-state index in [9.17, 15) is 9.59 Å². The van der Waals surface area contributed by atoms with Gasteiger partial charge in [-0.05, 0) is 60.3 Å². The molecule has 0 aromatic heterocycles. The van der Waals surface area contributed by atoms with Crippen LogP contribution >= 0.6 is 0 Å². The van der Waals surface area contributed by atoms with Gasteiger partial charge in [-0.2, -0.15) is 0 Å². The number of aryl methyl sites for hydroxylation is 1. The zero-order chi connectivity index (χ0) is 22.5. The molecule has 1 fully saturated rings. The van der Waals surface area contributed by atoms with Crippen molar-refractivity contribution in [1.29, 1.82) is 0 Å². The molecule has 4 rings (SSSR count). The van der Waals surface area contributed by atoms with Crippen molar-refractivity contribution >= 4 is 17.5 Å². The Bertz CT molecular complexity index is 941. The van der Waals surface area contributed by atoms with Crippen LogP contribution in [-0.2, 0) is 16.0 Å². The topological polar surface area (TPSA) is 58.6 Å². The normalized spacial score (nSPS) is 21.2. The molecule has 0 aliphatic carbocycles. The van der Waals surface area contributed by atoms with E-state index in [2.05, 4.69) is 37.4 Å². The quantitative estimate of drug-likeness (QED) is 0.735. The number of carbonyl (C=O) groups is 2. The van der Waals surface area contributed by atoms with Gasteiger partial charge in [-0.1, -0.05) is 50.2 Å². The Balaban J connectivity index is 1.39. The first-order valence-corrected chi connectivity index (χ1v) is 11.9. The number of rotatable bonds is 4. The molecule has 0 radical (unpaired) electrons. The van der Waals surface area contributed by atoms with E-state index >= 15 is 0 Å². The molecule has 2 amide bonds. The summed E-state index contributed by atoms with van der Waals surface area (Å²) in [7, 11) is 0. The lowest BCUT2D eigenvalue weighted by molar-refractivity contribution is -0.134. The highest BCUT2D eigenvalue weighted by atomic mass is 16.5. The van der Waals surface area contributed by atoms with Crippen molar-refractivity contribution in [1.82, 2.24) is 4.90 Å². The van der Waals surface area contributed by atoms with Gasteiger partial charge in [-0.25, -0.2) is 0 Å². The van der Waals surface area contributed by atoms with Gasteiger partial charge in [-0.3, -0.25) is 9.59 Å². The van der Waals surface area contributed by atoms with Crippen molar-refractivity contribution in [2.75, 3.05) is 25.0 Å². The first-order valence-electron chi connectivity index (χ1n) is 11.9. The lowest BCUT2D eigenvalue weighted by Gasteiger charge is -2.39. The molecule has 32 heavy (non-hydrogen) atoms. The molecular formula is C27H34N2O3. The lowest BCUT2D eigenvalue weighted by Crippen LogP contribution is -2.45. The summed E-state index contributed by atoms with van der Waals surface area (Å²) < 4.78 is 6.08. The van der Waals surface area contributed by atoms with Crippen molar-refractivity contribution in [3.63, 3.8) is 0 Å². The van der Waals surface area contributed by atoms with Crippen molar-refractivity contribution < 1.29 is 14.3 Å². The monoisotopic (exact) mass is 434 g/mol. The highest BCUT2D eigenvalue weighted by Gasteiger charge is 2.33. The van der Waals surface area contributed by atoms with Crippen LogP contribution in [0.3, 0.4) is 0 Å². The number of amides is 2. The van der Waals surface area contributed by atoms with Gasteiger partial charge >= 0.3 is 0 Å². The molecule has 170 valence electrons. The van der Waals surface area contributed by atoms with Crippen LogP contribution in [0.4, 0.5) is 5.69 Å². The Hall–Kier alpha value is -2.82. The highest BCUT2D eigenvalue weighted by Crippen LogP contribution is 2.34. The second-order valence-corrected chi connectivity index (χ2v) is 9.43. The standard InChI is InChI=1S/C27H34N2O3/c1-19(2)21-9-10-25-24(16-21)28-26(30)17-22-12-14-29(18-23(22)13-15-32-25)27(31)11-8-20-6-4-3-5-7-20/h3-7,9-10,16,19,22-23H,8,11-15,17-18H2,1-2H3,(H,28,30)/t22-,23-/m0/s1. The molecule has 2 aliphatic heterocycles. The van der Waals surface area contributed by atoms with E-state index < -0.39 is 0 Å². The van der Waals surface area contributed by atoms with Gasteiger partial charge in [0.15, 0.2) is 0 Å². The first-order chi connectivity index (χ1) is 15.5. The minimum atomic E-state index is 0.0384.